The van der Waals surface area contributed by atoms with Crippen LogP contribution in [0, 0.1) is 0 Å². The second-order valence-electron chi connectivity index (χ2n) is 7.80. The number of carbonyl (C=O) groups excluding carboxylic acids is 1. The Balaban J connectivity index is 1.69. The fourth-order valence-corrected chi connectivity index (χ4v) is 4.70. The lowest BCUT2D eigenvalue weighted by Crippen LogP contribution is -2.32. The van der Waals surface area contributed by atoms with Crippen LogP contribution in [0.4, 0.5) is 5.13 Å². The molecule has 2 aromatic carbocycles. The number of anilines is 1. The number of ether oxygens (including phenoxy) is 1. The minimum absolute atomic E-state index is 0.0536. The van der Waals surface area contributed by atoms with Crippen molar-refractivity contribution in [2.75, 3.05) is 12.0 Å². The van der Waals surface area contributed by atoms with Crippen LogP contribution < -0.4 is 9.64 Å². The lowest BCUT2D eigenvalue weighted by Gasteiger charge is -2.20. The van der Waals surface area contributed by atoms with E-state index in [2.05, 4.69) is 31.0 Å². The van der Waals surface area contributed by atoms with Crippen molar-refractivity contribution in [3.63, 3.8) is 0 Å². The molecule has 0 aliphatic rings. The van der Waals surface area contributed by atoms with Crippen molar-refractivity contribution in [2.24, 2.45) is 0 Å². The van der Waals surface area contributed by atoms with Crippen LogP contribution in [-0.2, 0) is 17.8 Å². The normalized spacial score (nSPS) is 11.2. The number of nitrogens with zero attached hydrogens (tertiary/aromatic N) is 3. The SMILES string of the molecule is COc1ccc(Cl)c2sc(N(Cc3ccccn3)C(=O)Cc3ccc(C(C)C)cc3)nc12. The number of hydrogen-bond donors (Lipinski definition) is 0. The molecule has 0 unspecified atom stereocenters. The van der Waals surface area contributed by atoms with E-state index in [1.54, 1.807) is 30.3 Å². The van der Waals surface area contributed by atoms with Gasteiger partial charge in [0, 0.05) is 6.20 Å². The van der Waals surface area contributed by atoms with Crippen molar-refractivity contribution < 1.29 is 9.53 Å². The highest BCUT2D eigenvalue weighted by Crippen LogP contribution is 2.39. The maximum atomic E-state index is 13.5. The molecule has 2 aromatic heterocycles. The maximum absolute atomic E-state index is 13.5. The molecule has 1 amide bonds. The number of aromatic nitrogens is 2. The lowest BCUT2D eigenvalue weighted by atomic mass is 10.0. The van der Waals surface area contributed by atoms with Gasteiger partial charge in [0.25, 0.3) is 0 Å². The molecule has 0 fully saturated rings. The van der Waals surface area contributed by atoms with Crippen LogP contribution in [0.15, 0.2) is 60.8 Å². The summed E-state index contributed by atoms with van der Waals surface area (Å²) < 4.78 is 6.24. The van der Waals surface area contributed by atoms with E-state index in [0.717, 1.165) is 16.0 Å². The molecule has 32 heavy (non-hydrogen) atoms. The molecule has 0 bridgehead atoms. The largest absolute Gasteiger partial charge is 0.494 e. The highest BCUT2D eigenvalue weighted by atomic mass is 35.5. The van der Waals surface area contributed by atoms with Crippen LogP contribution in [0.25, 0.3) is 10.2 Å². The van der Waals surface area contributed by atoms with E-state index < -0.39 is 0 Å². The van der Waals surface area contributed by atoms with Crippen molar-refractivity contribution in [2.45, 2.75) is 32.7 Å². The monoisotopic (exact) mass is 465 g/mol. The number of thiazole rings is 1. The molecule has 0 aliphatic heterocycles. The molecular formula is C25H24ClN3O2S. The zero-order valence-corrected chi connectivity index (χ0v) is 19.8. The number of hydrogen-bond acceptors (Lipinski definition) is 5. The number of rotatable bonds is 7. The van der Waals surface area contributed by atoms with E-state index in [1.807, 2.05) is 30.3 Å². The number of methoxy groups -OCH3 is 1. The highest BCUT2D eigenvalue weighted by Gasteiger charge is 2.23. The molecular weight excluding hydrogens is 442 g/mol. The number of fused-ring (bicyclic) bond motifs is 1. The second-order valence-corrected chi connectivity index (χ2v) is 9.18. The molecule has 0 saturated carbocycles. The average molecular weight is 466 g/mol. The molecule has 0 N–H and O–H groups in total. The van der Waals surface area contributed by atoms with E-state index in [9.17, 15) is 4.79 Å². The molecule has 4 aromatic rings. The minimum atomic E-state index is -0.0536. The van der Waals surface area contributed by atoms with Gasteiger partial charge in [0.1, 0.15) is 11.3 Å². The van der Waals surface area contributed by atoms with Gasteiger partial charge in [0.05, 0.1) is 35.5 Å². The Morgan fingerprint density at radius 1 is 1.12 bits per heavy atom. The number of carbonyl (C=O) groups is 1. The first-order valence-corrected chi connectivity index (χ1v) is 11.6. The third-order valence-electron chi connectivity index (χ3n) is 5.25. The Bertz CT molecular complexity index is 1220. The molecule has 0 atom stereocenters. The summed E-state index contributed by atoms with van der Waals surface area (Å²) in [4.78, 5) is 24.3. The Kier molecular flexibility index (Phi) is 6.72. The van der Waals surface area contributed by atoms with E-state index in [0.29, 0.717) is 33.9 Å². The van der Waals surface area contributed by atoms with Crippen molar-refractivity contribution in [3.05, 3.63) is 82.6 Å². The standard InChI is InChI=1S/C25H24ClN3O2S/c1-16(2)18-9-7-17(8-10-18)14-22(30)29(15-19-6-4-5-13-27-19)25-28-23-21(31-3)12-11-20(26)24(23)32-25/h4-13,16H,14-15H2,1-3H3. The van der Waals surface area contributed by atoms with E-state index in [-0.39, 0.29) is 12.3 Å². The minimum Gasteiger partial charge on any atom is -0.494 e. The number of benzene rings is 2. The van der Waals surface area contributed by atoms with E-state index >= 15 is 0 Å². The van der Waals surface area contributed by atoms with Gasteiger partial charge in [-0.05, 0) is 41.3 Å². The zero-order chi connectivity index (χ0) is 22.7. The van der Waals surface area contributed by atoms with Crippen LogP contribution >= 0.6 is 22.9 Å². The van der Waals surface area contributed by atoms with Gasteiger partial charge in [-0.1, -0.05) is 67.1 Å². The quantitative estimate of drug-likeness (QED) is 0.323. The first-order chi connectivity index (χ1) is 15.5. The lowest BCUT2D eigenvalue weighted by molar-refractivity contribution is -0.118. The number of amides is 1. The first-order valence-electron chi connectivity index (χ1n) is 10.4. The van der Waals surface area contributed by atoms with Gasteiger partial charge in [-0.15, -0.1) is 0 Å². The smallest absolute Gasteiger partial charge is 0.233 e. The molecule has 2 heterocycles. The first kappa shape index (κ1) is 22.2. The van der Waals surface area contributed by atoms with Crippen molar-refractivity contribution >= 4 is 44.2 Å². The number of halogens is 1. The van der Waals surface area contributed by atoms with Gasteiger partial charge in [-0.25, -0.2) is 4.98 Å². The summed E-state index contributed by atoms with van der Waals surface area (Å²) in [5, 5.41) is 1.15. The predicted molar refractivity (Wildman–Crippen MR) is 131 cm³/mol. The third kappa shape index (κ3) is 4.76. The number of pyridine rings is 1. The van der Waals surface area contributed by atoms with E-state index in [4.69, 9.17) is 21.3 Å². The second kappa shape index (κ2) is 9.67. The predicted octanol–water partition coefficient (Wildman–Crippen LogP) is 6.25. The average Bonchev–Trinajstić information content (AvgIpc) is 3.25. The summed E-state index contributed by atoms with van der Waals surface area (Å²) in [6.45, 7) is 4.63. The van der Waals surface area contributed by atoms with Gasteiger partial charge in [0.15, 0.2) is 5.13 Å². The van der Waals surface area contributed by atoms with E-state index in [1.165, 1.54) is 16.9 Å². The van der Waals surface area contributed by atoms with Gasteiger partial charge >= 0.3 is 0 Å². The fraction of sp³-hybridized carbons (Fsp3) is 0.240. The summed E-state index contributed by atoms with van der Waals surface area (Å²) in [5.41, 5.74) is 3.65. The molecule has 4 rings (SSSR count). The summed E-state index contributed by atoms with van der Waals surface area (Å²) in [6.07, 6.45) is 1.99. The van der Waals surface area contributed by atoms with Crippen molar-refractivity contribution in [3.8, 4) is 5.75 Å². The Hall–Kier alpha value is -2.96. The van der Waals surface area contributed by atoms with Crippen LogP contribution in [0.3, 0.4) is 0 Å². The summed E-state index contributed by atoms with van der Waals surface area (Å²) in [6, 6.07) is 17.4. The summed E-state index contributed by atoms with van der Waals surface area (Å²) >= 11 is 7.79. The molecule has 7 heteroatoms. The highest BCUT2D eigenvalue weighted by molar-refractivity contribution is 7.23. The fourth-order valence-electron chi connectivity index (χ4n) is 3.43. The van der Waals surface area contributed by atoms with Crippen LogP contribution in [0.1, 0.15) is 36.6 Å². The Morgan fingerprint density at radius 3 is 2.56 bits per heavy atom. The topological polar surface area (TPSA) is 55.3 Å². The van der Waals surface area contributed by atoms with Crippen molar-refractivity contribution in [1.29, 1.82) is 0 Å². The Labute approximate surface area is 196 Å². The molecule has 5 nitrogen and oxygen atoms in total. The van der Waals surface area contributed by atoms with Crippen LogP contribution in [0.2, 0.25) is 5.02 Å². The Morgan fingerprint density at radius 2 is 1.91 bits per heavy atom. The van der Waals surface area contributed by atoms with Crippen molar-refractivity contribution in [1.82, 2.24) is 9.97 Å². The molecule has 0 radical (unpaired) electrons. The summed E-state index contributed by atoms with van der Waals surface area (Å²) in [7, 11) is 1.60. The molecule has 0 aliphatic carbocycles. The van der Waals surface area contributed by atoms with Gasteiger partial charge in [0.2, 0.25) is 5.91 Å². The molecule has 164 valence electrons. The van der Waals surface area contributed by atoms with Crippen LogP contribution in [0.5, 0.6) is 5.75 Å². The molecule has 0 spiro atoms. The van der Waals surface area contributed by atoms with Gasteiger partial charge in [-0.2, -0.15) is 0 Å². The van der Waals surface area contributed by atoms with Gasteiger partial charge < -0.3 is 4.74 Å². The van der Waals surface area contributed by atoms with Gasteiger partial charge in [-0.3, -0.25) is 14.7 Å². The summed E-state index contributed by atoms with van der Waals surface area (Å²) in [5.74, 6) is 1.02. The maximum Gasteiger partial charge on any atom is 0.233 e. The van der Waals surface area contributed by atoms with Crippen LogP contribution in [-0.4, -0.2) is 23.0 Å². The zero-order valence-electron chi connectivity index (χ0n) is 18.2. The molecule has 0 saturated heterocycles. The third-order valence-corrected chi connectivity index (χ3v) is 6.79.